The average Bonchev–Trinajstić information content (AvgIpc) is 3.17. The number of carbonyl (C=O) groups is 3. The summed E-state index contributed by atoms with van der Waals surface area (Å²) in [7, 11) is 0. The van der Waals surface area contributed by atoms with Crippen LogP contribution in [0.25, 0.3) is 0 Å². The van der Waals surface area contributed by atoms with Crippen LogP contribution in [0.2, 0.25) is 0 Å². The molecule has 0 radical (unpaired) electrons. The highest BCUT2D eigenvalue weighted by Gasteiger charge is 2.30. The molecule has 124 valence electrons. The van der Waals surface area contributed by atoms with Crippen LogP contribution in [0.3, 0.4) is 0 Å². The summed E-state index contributed by atoms with van der Waals surface area (Å²) in [5, 5.41) is 2.89. The van der Waals surface area contributed by atoms with E-state index in [9.17, 15) is 14.4 Å². The number of rotatable bonds is 5. The van der Waals surface area contributed by atoms with Gasteiger partial charge in [0.15, 0.2) is 0 Å². The third-order valence-corrected chi connectivity index (χ3v) is 3.88. The van der Waals surface area contributed by atoms with Crippen LogP contribution in [0.15, 0.2) is 47.1 Å². The van der Waals surface area contributed by atoms with Crippen LogP contribution in [-0.2, 0) is 16.0 Å². The molecule has 0 aliphatic carbocycles. The summed E-state index contributed by atoms with van der Waals surface area (Å²) < 4.78 is 5.27. The van der Waals surface area contributed by atoms with Crippen LogP contribution >= 0.6 is 0 Å². The average molecular weight is 326 g/mol. The van der Waals surface area contributed by atoms with Crippen molar-refractivity contribution in [3.63, 3.8) is 0 Å². The van der Waals surface area contributed by atoms with E-state index < -0.39 is 0 Å². The van der Waals surface area contributed by atoms with Gasteiger partial charge in [-0.1, -0.05) is 6.07 Å². The molecule has 24 heavy (non-hydrogen) atoms. The van der Waals surface area contributed by atoms with Crippen LogP contribution in [0.1, 0.15) is 35.9 Å². The van der Waals surface area contributed by atoms with Crippen LogP contribution in [0.4, 0.5) is 5.69 Å². The summed E-state index contributed by atoms with van der Waals surface area (Å²) in [6.07, 6.45) is 2.61. The molecule has 6 heteroatoms. The fourth-order valence-corrected chi connectivity index (χ4v) is 2.74. The molecule has 1 N–H and O–H groups in total. The van der Waals surface area contributed by atoms with Crippen molar-refractivity contribution < 1.29 is 18.8 Å². The van der Waals surface area contributed by atoms with Gasteiger partial charge in [-0.2, -0.15) is 0 Å². The lowest BCUT2D eigenvalue weighted by atomic mass is 10.1. The molecule has 1 fully saturated rings. The summed E-state index contributed by atoms with van der Waals surface area (Å²) >= 11 is 0. The first-order chi connectivity index (χ1) is 11.5. The molecule has 2 heterocycles. The summed E-state index contributed by atoms with van der Waals surface area (Å²) in [5.74, 6) is 0.0762. The lowest BCUT2D eigenvalue weighted by molar-refractivity contribution is -0.121. The van der Waals surface area contributed by atoms with Crippen molar-refractivity contribution in [2.45, 2.75) is 32.2 Å². The summed E-state index contributed by atoms with van der Waals surface area (Å²) in [5.41, 5.74) is 0.847. The minimum atomic E-state index is -0.255. The Bertz CT molecular complexity index is 751. The first-order valence-electron chi connectivity index (χ1n) is 7.83. The monoisotopic (exact) mass is 326 g/mol. The molecule has 2 aromatic rings. The van der Waals surface area contributed by atoms with Gasteiger partial charge in [0.1, 0.15) is 5.76 Å². The second-order valence-electron chi connectivity index (χ2n) is 5.83. The Labute approximate surface area is 139 Å². The lowest BCUT2D eigenvalue weighted by Gasteiger charge is -2.16. The van der Waals surface area contributed by atoms with Gasteiger partial charge < -0.3 is 9.73 Å². The van der Waals surface area contributed by atoms with Gasteiger partial charge in [0.25, 0.3) is 5.91 Å². The van der Waals surface area contributed by atoms with Gasteiger partial charge in [-0.25, -0.2) is 0 Å². The number of amides is 3. The van der Waals surface area contributed by atoms with Crippen molar-refractivity contribution in [1.29, 1.82) is 0 Å². The van der Waals surface area contributed by atoms with Crippen LogP contribution in [0.5, 0.6) is 0 Å². The molecule has 3 amide bonds. The van der Waals surface area contributed by atoms with E-state index in [1.54, 1.807) is 36.6 Å². The Morgan fingerprint density at radius 3 is 2.62 bits per heavy atom. The van der Waals surface area contributed by atoms with Gasteiger partial charge >= 0.3 is 0 Å². The third-order valence-electron chi connectivity index (χ3n) is 3.88. The van der Waals surface area contributed by atoms with E-state index in [0.29, 0.717) is 17.7 Å². The molecule has 1 aromatic heterocycles. The van der Waals surface area contributed by atoms with Crippen molar-refractivity contribution >= 4 is 23.4 Å². The zero-order valence-electron chi connectivity index (χ0n) is 13.3. The third kappa shape index (κ3) is 3.37. The minimum Gasteiger partial charge on any atom is -0.469 e. The number of furan rings is 1. The molecule has 0 unspecified atom stereocenters. The van der Waals surface area contributed by atoms with Gasteiger partial charge in [-0.3, -0.25) is 19.3 Å². The van der Waals surface area contributed by atoms with Crippen LogP contribution in [-0.4, -0.2) is 23.8 Å². The SMILES string of the molecule is C[C@@H](Cc1ccco1)NC(=O)c1cccc(N2C(=O)CCC2=O)c1. The summed E-state index contributed by atoms with van der Waals surface area (Å²) in [4.78, 5) is 37.2. The van der Waals surface area contributed by atoms with Crippen molar-refractivity contribution in [1.82, 2.24) is 5.32 Å². The lowest BCUT2D eigenvalue weighted by Crippen LogP contribution is -2.34. The second-order valence-corrected chi connectivity index (χ2v) is 5.83. The van der Waals surface area contributed by atoms with Gasteiger partial charge in [0.05, 0.1) is 12.0 Å². The highest BCUT2D eigenvalue weighted by molar-refractivity contribution is 6.20. The molecular formula is C18H18N2O4. The van der Waals surface area contributed by atoms with Crippen LogP contribution in [0, 0.1) is 0 Å². The Kier molecular flexibility index (Phi) is 4.46. The Hall–Kier alpha value is -2.89. The van der Waals surface area contributed by atoms with Crippen molar-refractivity contribution in [2.24, 2.45) is 0 Å². The quantitative estimate of drug-likeness (QED) is 0.855. The predicted molar refractivity (Wildman–Crippen MR) is 87.5 cm³/mol. The first kappa shape index (κ1) is 16.0. The number of nitrogens with one attached hydrogen (secondary N) is 1. The van der Waals surface area contributed by atoms with Gasteiger partial charge in [-0.15, -0.1) is 0 Å². The highest BCUT2D eigenvalue weighted by Crippen LogP contribution is 2.23. The fraction of sp³-hybridized carbons (Fsp3) is 0.278. The highest BCUT2D eigenvalue weighted by atomic mass is 16.3. The molecule has 0 bridgehead atoms. The molecule has 1 saturated heterocycles. The standard InChI is InChI=1S/C18H18N2O4/c1-12(10-15-6-3-9-24-15)19-18(23)13-4-2-5-14(11-13)20-16(21)7-8-17(20)22/h2-6,9,11-12H,7-8,10H2,1H3,(H,19,23)/t12-/m0/s1. The van der Waals surface area contributed by atoms with Gasteiger partial charge in [-0.05, 0) is 37.3 Å². The van der Waals surface area contributed by atoms with E-state index >= 15 is 0 Å². The number of hydrogen-bond acceptors (Lipinski definition) is 4. The van der Waals surface area contributed by atoms with E-state index in [4.69, 9.17) is 4.42 Å². The zero-order valence-corrected chi connectivity index (χ0v) is 13.3. The minimum absolute atomic E-state index is 0.109. The van der Waals surface area contributed by atoms with E-state index in [1.807, 2.05) is 13.0 Å². The van der Waals surface area contributed by atoms with Gasteiger partial charge in [0.2, 0.25) is 11.8 Å². The topological polar surface area (TPSA) is 79.6 Å². The smallest absolute Gasteiger partial charge is 0.251 e. The van der Waals surface area contributed by atoms with Crippen LogP contribution < -0.4 is 10.2 Å². The Morgan fingerprint density at radius 1 is 1.21 bits per heavy atom. The maximum absolute atomic E-state index is 12.4. The normalized spacial score (nSPS) is 15.6. The molecule has 1 aliphatic heterocycles. The van der Waals surface area contributed by atoms with Crippen molar-refractivity contribution in [2.75, 3.05) is 4.90 Å². The maximum Gasteiger partial charge on any atom is 0.251 e. The molecule has 1 aromatic carbocycles. The molecule has 6 nitrogen and oxygen atoms in total. The van der Waals surface area contributed by atoms with E-state index in [2.05, 4.69) is 5.32 Å². The molecule has 1 aliphatic rings. The first-order valence-corrected chi connectivity index (χ1v) is 7.83. The molecule has 0 saturated carbocycles. The van der Waals surface area contributed by atoms with Crippen molar-refractivity contribution in [3.05, 3.63) is 54.0 Å². The zero-order chi connectivity index (χ0) is 17.1. The number of carbonyl (C=O) groups excluding carboxylic acids is 3. The van der Waals surface area contributed by atoms with Gasteiger partial charge in [0, 0.05) is 30.9 Å². The largest absolute Gasteiger partial charge is 0.469 e. The van der Waals surface area contributed by atoms with E-state index in [-0.39, 0.29) is 36.6 Å². The second kappa shape index (κ2) is 6.70. The number of hydrogen-bond donors (Lipinski definition) is 1. The predicted octanol–water partition coefficient (Wildman–Crippen LogP) is 2.29. The number of benzene rings is 1. The number of imide groups is 1. The summed E-state index contributed by atoms with van der Waals surface area (Å²) in [6.45, 7) is 1.89. The molecular weight excluding hydrogens is 308 g/mol. The van der Waals surface area contributed by atoms with E-state index in [0.717, 1.165) is 10.7 Å². The molecule has 3 rings (SSSR count). The molecule has 1 atom stereocenters. The van der Waals surface area contributed by atoms with Crippen molar-refractivity contribution in [3.8, 4) is 0 Å². The number of anilines is 1. The Morgan fingerprint density at radius 2 is 1.96 bits per heavy atom. The van der Waals surface area contributed by atoms with E-state index in [1.165, 1.54) is 0 Å². The fourth-order valence-electron chi connectivity index (χ4n) is 2.74. The maximum atomic E-state index is 12.4. The number of nitrogens with zero attached hydrogens (tertiary/aromatic N) is 1. The molecule has 0 spiro atoms. The summed E-state index contributed by atoms with van der Waals surface area (Å²) in [6, 6.07) is 10.1. The Balaban J connectivity index is 1.70.